The zero-order chi connectivity index (χ0) is 10.2. The summed E-state index contributed by atoms with van der Waals surface area (Å²) in [5.74, 6) is -3.17. The second kappa shape index (κ2) is 3.17. The molecule has 0 unspecified atom stereocenters. The SMILES string of the molecule is N[C@H](C[C@H]1C[C@H]1C(F)(F)F)C(=O)O. The van der Waals surface area contributed by atoms with Crippen LogP contribution in [0.3, 0.4) is 0 Å². The van der Waals surface area contributed by atoms with Gasteiger partial charge in [0.1, 0.15) is 6.04 Å². The largest absolute Gasteiger partial charge is 0.480 e. The van der Waals surface area contributed by atoms with Crippen LogP contribution >= 0.6 is 0 Å². The molecule has 6 heteroatoms. The minimum Gasteiger partial charge on any atom is -0.480 e. The third kappa shape index (κ3) is 2.58. The summed E-state index contributed by atoms with van der Waals surface area (Å²) in [4.78, 5) is 10.2. The summed E-state index contributed by atoms with van der Waals surface area (Å²) in [7, 11) is 0. The Bertz CT molecular complexity index is 216. The standard InChI is InChI=1S/C7H10F3NO2/c8-7(9,10)4-1-3(4)2-5(11)6(12)13/h3-5H,1-2,11H2,(H,12,13)/t3-,4-,5-/m1/s1. The van der Waals surface area contributed by atoms with Crippen molar-refractivity contribution < 1.29 is 23.1 Å². The second-order valence-corrected chi connectivity index (χ2v) is 3.32. The number of halogens is 3. The molecule has 0 spiro atoms. The Morgan fingerprint density at radius 3 is 2.46 bits per heavy atom. The minimum atomic E-state index is -4.19. The topological polar surface area (TPSA) is 63.3 Å². The van der Waals surface area contributed by atoms with Gasteiger partial charge >= 0.3 is 12.1 Å². The zero-order valence-electron chi connectivity index (χ0n) is 6.71. The lowest BCUT2D eigenvalue weighted by Gasteiger charge is -2.07. The van der Waals surface area contributed by atoms with E-state index in [-0.39, 0.29) is 12.8 Å². The normalized spacial score (nSPS) is 29.8. The number of hydrogen-bond donors (Lipinski definition) is 2. The van der Waals surface area contributed by atoms with Gasteiger partial charge in [0.15, 0.2) is 0 Å². The molecule has 3 atom stereocenters. The van der Waals surface area contributed by atoms with Crippen molar-refractivity contribution in [3.63, 3.8) is 0 Å². The fourth-order valence-electron chi connectivity index (χ4n) is 1.34. The van der Waals surface area contributed by atoms with Gasteiger partial charge in [0, 0.05) is 0 Å². The predicted octanol–water partition coefficient (Wildman–Crippen LogP) is 0.987. The van der Waals surface area contributed by atoms with Crippen molar-refractivity contribution >= 4 is 5.97 Å². The van der Waals surface area contributed by atoms with E-state index in [1.807, 2.05) is 0 Å². The number of carbonyl (C=O) groups is 1. The van der Waals surface area contributed by atoms with Gasteiger partial charge in [0.2, 0.25) is 0 Å². The van der Waals surface area contributed by atoms with E-state index in [4.69, 9.17) is 10.8 Å². The van der Waals surface area contributed by atoms with Crippen molar-refractivity contribution in [1.82, 2.24) is 0 Å². The van der Waals surface area contributed by atoms with Gasteiger partial charge in [-0.1, -0.05) is 0 Å². The molecule has 13 heavy (non-hydrogen) atoms. The summed E-state index contributed by atoms with van der Waals surface area (Å²) >= 11 is 0. The van der Waals surface area contributed by atoms with Gasteiger partial charge in [-0.05, 0) is 18.8 Å². The Morgan fingerprint density at radius 2 is 2.15 bits per heavy atom. The molecular weight excluding hydrogens is 187 g/mol. The molecule has 76 valence electrons. The average molecular weight is 197 g/mol. The number of rotatable bonds is 3. The summed E-state index contributed by atoms with van der Waals surface area (Å²) in [5, 5.41) is 8.34. The first-order valence-electron chi connectivity index (χ1n) is 3.87. The van der Waals surface area contributed by atoms with Crippen LogP contribution in [-0.4, -0.2) is 23.3 Å². The first-order valence-corrected chi connectivity index (χ1v) is 3.87. The first-order chi connectivity index (χ1) is 5.82. The van der Waals surface area contributed by atoms with Gasteiger partial charge < -0.3 is 10.8 Å². The highest BCUT2D eigenvalue weighted by molar-refractivity contribution is 5.73. The molecule has 1 aliphatic rings. The van der Waals surface area contributed by atoms with E-state index in [1.54, 1.807) is 0 Å². The number of alkyl halides is 3. The lowest BCUT2D eigenvalue weighted by Crippen LogP contribution is -2.31. The lowest BCUT2D eigenvalue weighted by molar-refractivity contribution is -0.152. The van der Waals surface area contributed by atoms with Crippen LogP contribution in [0.1, 0.15) is 12.8 Å². The molecular formula is C7H10F3NO2. The molecule has 3 nitrogen and oxygen atoms in total. The van der Waals surface area contributed by atoms with E-state index in [9.17, 15) is 18.0 Å². The van der Waals surface area contributed by atoms with E-state index in [2.05, 4.69) is 0 Å². The molecule has 1 aliphatic carbocycles. The molecule has 0 bridgehead atoms. The highest BCUT2D eigenvalue weighted by Crippen LogP contribution is 2.51. The average Bonchev–Trinajstić information content (AvgIpc) is 2.65. The van der Waals surface area contributed by atoms with E-state index in [0.717, 1.165) is 0 Å². The van der Waals surface area contributed by atoms with E-state index >= 15 is 0 Å². The molecule has 0 aromatic carbocycles. The lowest BCUT2D eigenvalue weighted by atomic mass is 10.1. The van der Waals surface area contributed by atoms with E-state index < -0.39 is 30.0 Å². The van der Waals surface area contributed by atoms with Crippen molar-refractivity contribution in [2.45, 2.75) is 25.1 Å². The Labute approximate surface area is 72.7 Å². The third-order valence-corrected chi connectivity index (χ3v) is 2.22. The van der Waals surface area contributed by atoms with E-state index in [0.29, 0.717) is 0 Å². The van der Waals surface area contributed by atoms with Gasteiger partial charge in [-0.25, -0.2) is 0 Å². The summed E-state index contributed by atoms with van der Waals surface area (Å²) in [6.45, 7) is 0. The monoisotopic (exact) mass is 197 g/mol. The fourth-order valence-corrected chi connectivity index (χ4v) is 1.34. The van der Waals surface area contributed by atoms with Gasteiger partial charge in [-0.2, -0.15) is 13.2 Å². The summed E-state index contributed by atoms with van der Waals surface area (Å²) in [6.07, 6.45) is -4.26. The molecule has 0 amide bonds. The maximum Gasteiger partial charge on any atom is 0.392 e. The van der Waals surface area contributed by atoms with Crippen LogP contribution in [0.25, 0.3) is 0 Å². The molecule has 0 aliphatic heterocycles. The van der Waals surface area contributed by atoms with Crippen LogP contribution in [-0.2, 0) is 4.79 Å². The summed E-state index contributed by atoms with van der Waals surface area (Å²) in [5.41, 5.74) is 5.10. The number of carboxylic acids is 1. The van der Waals surface area contributed by atoms with Crippen molar-refractivity contribution in [2.75, 3.05) is 0 Å². The van der Waals surface area contributed by atoms with Crippen molar-refractivity contribution in [2.24, 2.45) is 17.6 Å². The molecule has 3 N–H and O–H groups in total. The molecule has 0 aromatic rings. The maximum atomic E-state index is 12.0. The van der Waals surface area contributed by atoms with Gasteiger partial charge in [0.25, 0.3) is 0 Å². The molecule has 0 aromatic heterocycles. The molecule has 0 heterocycles. The first kappa shape index (κ1) is 10.3. The highest BCUT2D eigenvalue weighted by Gasteiger charge is 2.55. The van der Waals surface area contributed by atoms with Crippen LogP contribution in [0, 0.1) is 11.8 Å². The number of nitrogens with two attached hydrogens (primary N) is 1. The fraction of sp³-hybridized carbons (Fsp3) is 0.857. The minimum absolute atomic E-state index is 0.0183. The van der Waals surface area contributed by atoms with E-state index in [1.165, 1.54) is 0 Å². The Morgan fingerprint density at radius 1 is 1.62 bits per heavy atom. The number of hydrogen-bond acceptors (Lipinski definition) is 2. The predicted molar refractivity (Wildman–Crippen MR) is 37.9 cm³/mol. The molecule has 1 fully saturated rings. The van der Waals surface area contributed by atoms with Crippen molar-refractivity contribution in [1.29, 1.82) is 0 Å². The number of aliphatic carboxylic acids is 1. The molecule has 1 rings (SSSR count). The van der Waals surface area contributed by atoms with Crippen molar-refractivity contribution in [3.05, 3.63) is 0 Å². The Hall–Kier alpha value is -0.780. The van der Waals surface area contributed by atoms with Crippen LogP contribution < -0.4 is 5.73 Å². The van der Waals surface area contributed by atoms with Crippen LogP contribution in [0.5, 0.6) is 0 Å². The van der Waals surface area contributed by atoms with Gasteiger partial charge in [-0.3, -0.25) is 4.79 Å². The molecule has 1 saturated carbocycles. The van der Waals surface area contributed by atoms with Gasteiger partial charge in [0.05, 0.1) is 5.92 Å². The number of carboxylic acid groups (broad SMARTS) is 1. The Balaban J connectivity index is 2.33. The summed E-state index contributed by atoms with van der Waals surface area (Å²) < 4.78 is 35.9. The van der Waals surface area contributed by atoms with Crippen molar-refractivity contribution in [3.8, 4) is 0 Å². The smallest absolute Gasteiger partial charge is 0.392 e. The van der Waals surface area contributed by atoms with Crippen LogP contribution in [0.15, 0.2) is 0 Å². The molecule has 0 saturated heterocycles. The third-order valence-electron chi connectivity index (χ3n) is 2.22. The highest BCUT2D eigenvalue weighted by atomic mass is 19.4. The maximum absolute atomic E-state index is 12.0. The second-order valence-electron chi connectivity index (χ2n) is 3.32. The Kier molecular flexibility index (Phi) is 2.51. The van der Waals surface area contributed by atoms with Crippen LogP contribution in [0.4, 0.5) is 13.2 Å². The quantitative estimate of drug-likeness (QED) is 0.709. The molecule has 0 radical (unpaired) electrons. The van der Waals surface area contributed by atoms with Gasteiger partial charge in [-0.15, -0.1) is 0 Å². The summed E-state index contributed by atoms with van der Waals surface area (Å²) in [6, 6.07) is -1.17. The zero-order valence-corrected chi connectivity index (χ0v) is 6.71. The van der Waals surface area contributed by atoms with Crippen LogP contribution in [0.2, 0.25) is 0 Å².